The molecule has 0 bridgehead atoms. The first-order chi connectivity index (χ1) is 15.0. The van der Waals surface area contributed by atoms with Crippen molar-refractivity contribution < 1.29 is 27.2 Å². The second-order valence-electron chi connectivity index (χ2n) is 6.97. The Kier molecular flexibility index (Phi) is 6.61. The molecule has 1 aromatic heterocycles. The summed E-state index contributed by atoms with van der Waals surface area (Å²) in [6, 6.07) is 11.6. The second kappa shape index (κ2) is 9.20. The number of carbonyl (C=O) groups excluding carboxylic acids is 2. The molecule has 2 amide bonds. The summed E-state index contributed by atoms with van der Waals surface area (Å²) in [5.74, 6) is -0.761. The van der Waals surface area contributed by atoms with Gasteiger partial charge < -0.3 is 14.5 Å². The van der Waals surface area contributed by atoms with E-state index in [2.05, 4.69) is 10.7 Å². The summed E-state index contributed by atoms with van der Waals surface area (Å²) >= 11 is 0. The van der Waals surface area contributed by atoms with Crippen molar-refractivity contribution in [1.82, 2.24) is 10.3 Å². The second-order valence-corrected chi connectivity index (χ2v) is 8.65. The first-order valence-electron chi connectivity index (χ1n) is 9.45. The standard InChI is InChI=1S/C21H21N3O7S/c1-12-10-20(26)31-19-11-16(6-9-18(12)19)30-13(2)21(27)23-24-32(28,29)17-7-4-15(5-8-17)22-14(3)25/h4-11,13,24H,1-3H3,(H,22,25)(H,23,27)/t13-/m0/s1. The van der Waals surface area contributed by atoms with Crippen LogP contribution in [0.3, 0.4) is 0 Å². The lowest BCUT2D eigenvalue weighted by Gasteiger charge is -2.15. The summed E-state index contributed by atoms with van der Waals surface area (Å²) in [5, 5.41) is 3.25. The SMILES string of the molecule is CC(=O)Nc1ccc(S(=O)(=O)NNC(=O)[C@H](C)Oc2ccc3c(C)cc(=O)oc3c2)cc1. The maximum Gasteiger partial charge on any atom is 0.336 e. The Hall–Kier alpha value is -3.70. The smallest absolute Gasteiger partial charge is 0.336 e. The van der Waals surface area contributed by atoms with E-state index in [9.17, 15) is 22.8 Å². The van der Waals surface area contributed by atoms with Gasteiger partial charge in [0.2, 0.25) is 5.91 Å². The zero-order chi connectivity index (χ0) is 23.5. The lowest BCUT2D eigenvalue weighted by Crippen LogP contribution is -2.47. The molecule has 0 saturated heterocycles. The third kappa shape index (κ3) is 5.50. The third-order valence-electron chi connectivity index (χ3n) is 4.40. The Morgan fingerprint density at radius 3 is 2.41 bits per heavy atom. The molecule has 0 aliphatic carbocycles. The van der Waals surface area contributed by atoms with Crippen LogP contribution in [0.25, 0.3) is 11.0 Å². The fraction of sp³-hybridized carbons (Fsp3) is 0.190. The minimum Gasteiger partial charge on any atom is -0.481 e. The predicted molar refractivity (Wildman–Crippen MR) is 117 cm³/mol. The maximum absolute atomic E-state index is 12.4. The molecule has 0 spiro atoms. The van der Waals surface area contributed by atoms with Gasteiger partial charge in [-0.25, -0.2) is 13.2 Å². The summed E-state index contributed by atoms with van der Waals surface area (Å²) < 4.78 is 35.4. The Morgan fingerprint density at radius 1 is 1.06 bits per heavy atom. The quantitative estimate of drug-likeness (QED) is 0.361. The molecular weight excluding hydrogens is 438 g/mol. The van der Waals surface area contributed by atoms with Crippen LogP contribution in [0.5, 0.6) is 5.75 Å². The minimum absolute atomic E-state index is 0.111. The van der Waals surface area contributed by atoms with Crippen LogP contribution < -0.4 is 25.9 Å². The summed E-state index contributed by atoms with van der Waals surface area (Å²) in [7, 11) is -4.05. The number of fused-ring (bicyclic) bond motifs is 1. The number of sulfonamides is 1. The molecule has 0 radical (unpaired) electrons. The molecule has 3 rings (SSSR count). The van der Waals surface area contributed by atoms with Crippen molar-refractivity contribution in [2.45, 2.75) is 31.8 Å². The molecule has 10 nitrogen and oxygen atoms in total. The highest BCUT2D eigenvalue weighted by Crippen LogP contribution is 2.23. The number of carbonyl (C=O) groups is 2. The summed E-state index contributed by atoms with van der Waals surface area (Å²) in [4.78, 5) is 36.8. The van der Waals surface area contributed by atoms with Crippen molar-refractivity contribution >= 4 is 38.5 Å². The minimum atomic E-state index is -4.05. The van der Waals surface area contributed by atoms with Crippen LogP contribution in [0.4, 0.5) is 5.69 Å². The van der Waals surface area contributed by atoms with E-state index in [0.29, 0.717) is 11.3 Å². The molecule has 11 heteroatoms. The normalized spacial score (nSPS) is 12.2. The molecule has 1 atom stereocenters. The molecule has 1 heterocycles. The molecule has 0 aliphatic heterocycles. The van der Waals surface area contributed by atoms with E-state index in [0.717, 1.165) is 10.9 Å². The lowest BCUT2D eigenvalue weighted by atomic mass is 10.1. The molecule has 168 valence electrons. The van der Waals surface area contributed by atoms with Crippen LogP contribution in [0.1, 0.15) is 19.4 Å². The zero-order valence-corrected chi connectivity index (χ0v) is 18.3. The highest BCUT2D eigenvalue weighted by molar-refractivity contribution is 7.89. The van der Waals surface area contributed by atoms with E-state index in [-0.39, 0.29) is 16.6 Å². The van der Waals surface area contributed by atoms with E-state index in [1.807, 2.05) is 4.83 Å². The third-order valence-corrected chi connectivity index (χ3v) is 5.66. The van der Waals surface area contributed by atoms with E-state index in [1.54, 1.807) is 19.1 Å². The number of ether oxygens (including phenoxy) is 1. The van der Waals surface area contributed by atoms with Crippen LogP contribution in [-0.4, -0.2) is 26.3 Å². The number of amides is 2. The first-order valence-corrected chi connectivity index (χ1v) is 10.9. The van der Waals surface area contributed by atoms with Crippen LogP contribution in [-0.2, 0) is 19.6 Å². The summed E-state index contributed by atoms with van der Waals surface area (Å²) in [6.07, 6.45) is -1.06. The predicted octanol–water partition coefficient (Wildman–Crippen LogP) is 1.84. The van der Waals surface area contributed by atoms with Crippen LogP contribution in [0, 0.1) is 6.92 Å². The molecule has 0 fully saturated rings. The Balaban J connectivity index is 1.63. The number of hydrogen-bond acceptors (Lipinski definition) is 7. The van der Waals surface area contributed by atoms with Gasteiger partial charge in [0.15, 0.2) is 6.10 Å². The van der Waals surface area contributed by atoms with Crippen LogP contribution in [0.2, 0.25) is 0 Å². The summed E-state index contributed by atoms with van der Waals surface area (Å²) in [5.41, 5.74) is 3.08. The van der Waals surface area contributed by atoms with Gasteiger partial charge in [-0.2, -0.15) is 0 Å². The molecule has 0 unspecified atom stereocenters. The lowest BCUT2D eigenvalue weighted by molar-refractivity contribution is -0.127. The molecule has 3 aromatic rings. The Labute approximate surface area is 183 Å². The molecule has 2 aromatic carbocycles. The van der Waals surface area contributed by atoms with Gasteiger partial charge in [0.25, 0.3) is 15.9 Å². The van der Waals surface area contributed by atoms with Crippen molar-refractivity contribution in [1.29, 1.82) is 0 Å². The number of hydrazine groups is 1. The van der Waals surface area contributed by atoms with Gasteiger partial charge in [-0.15, -0.1) is 4.83 Å². The molecule has 3 N–H and O–H groups in total. The number of rotatable bonds is 7. The number of nitrogens with one attached hydrogen (secondary N) is 3. The van der Waals surface area contributed by atoms with Crippen molar-refractivity contribution in [3.63, 3.8) is 0 Å². The fourth-order valence-electron chi connectivity index (χ4n) is 2.83. The van der Waals surface area contributed by atoms with Gasteiger partial charge in [-0.05, 0) is 55.8 Å². The monoisotopic (exact) mass is 459 g/mol. The van der Waals surface area contributed by atoms with E-state index in [1.165, 1.54) is 50.2 Å². The number of hydrogen-bond donors (Lipinski definition) is 3. The van der Waals surface area contributed by atoms with Gasteiger partial charge in [-0.3, -0.25) is 15.0 Å². The first kappa shape index (κ1) is 23.0. The van der Waals surface area contributed by atoms with Gasteiger partial charge in [0, 0.05) is 30.1 Å². The van der Waals surface area contributed by atoms with Gasteiger partial charge in [0.05, 0.1) is 4.90 Å². The van der Waals surface area contributed by atoms with Gasteiger partial charge >= 0.3 is 5.63 Å². The van der Waals surface area contributed by atoms with Crippen molar-refractivity contribution in [2.75, 3.05) is 5.32 Å². The number of anilines is 1. The van der Waals surface area contributed by atoms with Crippen LogP contribution >= 0.6 is 0 Å². The topological polar surface area (TPSA) is 144 Å². The van der Waals surface area contributed by atoms with E-state index in [4.69, 9.17) is 9.15 Å². The molecule has 32 heavy (non-hydrogen) atoms. The zero-order valence-electron chi connectivity index (χ0n) is 17.5. The Bertz CT molecular complexity index is 1330. The average Bonchev–Trinajstić information content (AvgIpc) is 2.71. The summed E-state index contributed by atoms with van der Waals surface area (Å²) in [6.45, 7) is 4.54. The highest BCUT2D eigenvalue weighted by Gasteiger charge is 2.20. The molecular formula is C21H21N3O7S. The van der Waals surface area contributed by atoms with Crippen molar-refractivity contribution in [2.24, 2.45) is 0 Å². The number of benzene rings is 2. The van der Waals surface area contributed by atoms with E-state index < -0.39 is 27.7 Å². The van der Waals surface area contributed by atoms with Crippen molar-refractivity contribution in [3.8, 4) is 5.75 Å². The van der Waals surface area contributed by atoms with Crippen molar-refractivity contribution in [3.05, 3.63) is 64.5 Å². The average molecular weight is 459 g/mol. The van der Waals surface area contributed by atoms with Gasteiger partial charge in [0.1, 0.15) is 11.3 Å². The van der Waals surface area contributed by atoms with Gasteiger partial charge in [-0.1, -0.05) is 0 Å². The molecule has 0 saturated carbocycles. The van der Waals surface area contributed by atoms with E-state index >= 15 is 0 Å². The number of aryl methyl sites for hydroxylation is 1. The maximum atomic E-state index is 12.4. The Morgan fingerprint density at radius 2 is 1.75 bits per heavy atom. The largest absolute Gasteiger partial charge is 0.481 e. The highest BCUT2D eigenvalue weighted by atomic mass is 32.2. The molecule has 0 aliphatic rings. The van der Waals surface area contributed by atoms with Crippen LogP contribution in [0.15, 0.2) is 62.6 Å². The fourth-order valence-corrected chi connectivity index (χ4v) is 3.68.